The molecule has 3 nitrogen and oxygen atoms in total. The lowest BCUT2D eigenvalue weighted by Crippen LogP contribution is -1.99. The summed E-state index contributed by atoms with van der Waals surface area (Å²) in [5.74, 6) is -0.619. The van der Waals surface area contributed by atoms with Crippen molar-refractivity contribution in [3.63, 3.8) is 0 Å². The highest BCUT2D eigenvalue weighted by Gasteiger charge is 2.09. The monoisotopic (exact) mass is 235 g/mol. The predicted octanol–water partition coefficient (Wildman–Crippen LogP) is 2.15. The van der Waals surface area contributed by atoms with Gasteiger partial charge in [0.15, 0.2) is 0 Å². The Labute approximate surface area is 76.6 Å². The number of carbonyl (C=O) groups excluding carboxylic acids is 1. The van der Waals surface area contributed by atoms with Gasteiger partial charge in [-0.3, -0.25) is 4.98 Å². The minimum Gasteiger partial charge on any atom is -0.343 e. The maximum Gasteiger partial charge on any atom is 0.358 e. The molecular formula is C6H3BrClNO2. The minimum absolute atomic E-state index is 0.308. The zero-order valence-electron chi connectivity index (χ0n) is 5.25. The van der Waals surface area contributed by atoms with E-state index in [1.807, 2.05) is 0 Å². The van der Waals surface area contributed by atoms with E-state index in [4.69, 9.17) is 11.9 Å². The van der Waals surface area contributed by atoms with Crippen molar-refractivity contribution in [1.29, 1.82) is 0 Å². The number of nitrogens with zero attached hydrogens (tertiary/aromatic N) is 1. The second kappa shape index (κ2) is 3.69. The van der Waals surface area contributed by atoms with Gasteiger partial charge in [-0.15, -0.1) is 0 Å². The van der Waals surface area contributed by atoms with Gasteiger partial charge in [-0.05, 0) is 22.0 Å². The lowest BCUT2D eigenvalue weighted by Gasteiger charge is -1.96. The van der Waals surface area contributed by atoms with E-state index in [1.54, 1.807) is 12.3 Å². The van der Waals surface area contributed by atoms with Crippen molar-refractivity contribution in [2.45, 2.75) is 0 Å². The molecule has 0 aliphatic carbocycles. The Bertz CT molecular complexity index is 279. The first kappa shape index (κ1) is 8.49. The normalized spacial score (nSPS) is 9.27. The molecule has 0 N–H and O–H groups in total. The lowest BCUT2D eigenvalue weighted by molar-refractivity contribution is 0.0750. The molecule has 11 heavy (non-hydrogen) atoms. The summed E-state index contributed by atoms with van der Waals surface area (Å²) in [4.78, 5) is 14.5. The van der Waals surface area contributed by atoms with Gasteiger partial charge in [0.25, 0.3) is 0 Å². The Kier molecular flexibility index (Phi) is 2.84. The maximum atomic E-state index is 10.8. The van der Waals surface area contributed by atoms with E-state index in [9.17, 15) is 4.79 Å². The molecule has 1 aromatic heterocycles. The molecule has 5 heteroatoms. The zero-order valence-corrected chi connectivity index (χ0v) is 7.59. The fourth-order valence-corrected chi connectivity index (χ4v) is 1.03. The van der Waals surface area contributed by atoms with Gasteiger partial charge in [0.1, 0.15) is 11.9 Å². The van der Waals surface area contributed by atoms with Crippen LogP contribution in [0.25, 0.3) is 0 Å². The van der Waals surface area contributed by atoms with Crippen molar-refractivity contribution in [3.05, 3.63) is 28.5 Å². The SMILES string of the molecule is O=C(OCl)c1cnccc1Br. The molecule has 0 amide bonds. The third-order valence-corrected chi connectivity index (χ3v) is 1.89. The molecule has 0 aliphatic rings. The molecule has 0 aliphatic heterocycles. The lowest BCUT2D eigenvalue weighted by atomic mass is 10.3. The number of rotatable bonds is 1. The molecule has 0 saturated carbocycles. The molecular weight excluding hydrogens is 233 g/mol. The summed E-state index contributed by atoms with van der Waals surface area (Å²) in [5, 5.41) is 0. The minimum atomic E-state index is -0.619. The van der Waals surface area contributed by atoms with Gasteiger partial charge in [0.2, 0.25) is 0 Å². The molecule has 0 unspecified atom stereocenters. The van der Waals surface area contributed by atoms with E-state index in [0.717, 1.165) is 0 Å². The molecule has 1 heterocycles. The summed E-state index contributed by atoms with van der Waals surface area (Å²) in [7, 11) is 0. The van der Waals surface area contributed by atoms with Gasteiger partial charge in [-0.25, -0.2) is 4.79 Å². The van der Waals surface area contributed by atoms with Crippen LogP contribution in [0.1, 0.15) is 10.4 Å². The van der Waals surface area contributed by atoms with Crippen LogP contribution in [0.3, 0.4) is 0 Å². The van der Waals surface area contributed by atoms with Crippen LogP contribution >= 0.6 is 27.8 Å². The summed E-state index contributed by atoms with van der Waals surface area (Å²) in [6, 6.07) is 1.63. The Morgan fingerprint density at radius 3 is 3.00 bits per heavy atom. The van der Waals surface area contributed by atoms with Gasteiger partial charge in [-0.1, -0.05) is 0 Å². The number of aromatic nitrogens is 1. The highest BCUT2D eigenvalue weighted by molar-refractivity contribution is 9.10. The van der Waals surface area contributed by atoms with Crippen LogP contribution in [0.2, 0.25) is 0 Å². The van der Waals surface area contributed by atoms with Crippen molar-refractivity contribution in [1.82, 2.24) is 4.98 Å². The fraction of sp³-hybridized carbons (Fsp3) is 0. The number of pyridine rings is 1. The van der Waals surface area contributed by atoms with Gasteiger partial charge in [0, 0.05) is 16.9 Å². The van der Waals surface area contributed by atoms with Crippen LogP contribution < -0.4 is 0 Å². The van der Waals surface area contributed by atoms with Gasteiger partial charge >= 0.3 is 5.97 Å². The molecule has 0 bridgehead atoms. The van der Waals surface area contributed by atoms with Crippen molar-refractivity contribution in [2.75, 3.05) is 0 Å². The molecule has 0 spiro atoms. The predicted molar refractivity (Wildman–Crippen MR) is 43.2 cm³/mol. The first-order valence-corrected chi connectivity index (χ1v) is 3.78. The average Bonchev–Trinajstić information content (AvgIpc) is 2.04. The van der Waals surface area contributed by atoms with Crippen molar-refractivity contribution in [3.8, 4) is 0 Å². The third kappa shape index (κ3) is 1.91. The van der Waals surface area contributed by atoms with Crippen molar-refractivity contribution in [2.24, 2.45) is 0 Å². The van der Waals surface area contributed by atoms with E-state index in [-0.39, 0.29) is 0 Å². The summed E-state index contributed by atoms with van der Waals surface area (Å²) < 4.78 is 4.59. The van der Waals surface area contributed by atoms with E-state index >= 15 is 0 Å². The first-order valence-electron chi connectivity index (χ1n) is 2.68. The van der Waals surface area contributed by atoms with Crippen LogP contribution in [-0.2, 0) is 4.29 Å². The van der Waals surface area contributed by atoms with Crippen molar-refractivity contribution < 1.29 is 9.08 Å². The van der Waals surface area contributed by atoms with Gasteiger partial charge in [0.05, 0.1) is 5.56 Å². The Hall–Kier alpha value is -0.610. The van der Waals surface area contributed by atoms with E-state index < -0.39 is 5.97 Å². The second-order valence-corrected chi connectivity index (χ2v) is 2.73. The highest BCUT2D eigenvalue weighted by atomic mass is 79.9. The van der Waals surface area contributed by atoms with Gasteiger partial charge in [-0.2, -0.15) is 0 Å². The van der Waals surface area contributed by atoms with E-state index in [2.05, 4.69) is 25.2 Å². The van der Waals surface area contributed by atoms with Gasteiger partial charge < -0.3 is 4.29 Å². The Morgan fingerprint density at radius 2 is 2.45 bits per heavy atom. The summed E-state index contributed by atoms with van der Waals surface area (Å²) in [6.07, 6.45) is 2.92. The topological polar surface area (TPSA) is 39.2 Å². The third-order valence-electron chi connectivity index (χ3n) is 1.06. The van der Waals surface area contributed by atoms with Crippen LogP contribution in [0.5, 0.6) is 0 Å². The summed E-state index contributed by atoms with van der Waals surface area (Å²) in [5.41, 5.74) is 0.308. The molecule has 0 radical (unpaired) electrons. The van der Waals surface area contributed by atoms with Crippen molar-refractivity contribution >= 4 is 33.8 Å². The van der Waals surface area contributed by atoms with E-state index in [1.165, 1.54) is 6.20 Å². The second-order valence-electron chi connectivity index (χ2n) is 1.72. The number of halogens is 2. The quantitative estimate of drug-likeness (QED) is 0.750. The molecule has 58 valence electrons. The number of hydrogen-bond acceptors (Lipinski definition) is 3. The summed E-state index contributed by atoms with van der Waals surface area (Å²) in [6.45, 7) is 0. The molecule has 1 rings (SSSR count). The zero-order chi connectivity index (χ0) is 8.27. The number of hydrogen-bond donors (Lipinski definition) is 0. The van der Waals surface area contributed by atoms with Crippen LogP contribution in [0, 0.1) is 0 Å². The fourth-order valence-electron chi connectivity index (χ4n) is 0.569. The molecule has 0 saturated heterocycles. The average molecular weight is 236 g/mol. The van der Waals surface area contributed by atoms with Crippen LogP contribution in [0.15, 0.2) is 22.9 Å². The smallest absolute Gasteiger partial charge is 0.343 e. The molecule has 1 aromatic rings. The van der Waals surface area contributed by atoms with E-state index in [0.29, 0.717) is 10.0 Å². The number of carbonyl (C=O) groups is 1. The molecule has 0 fully saturated rings. The van der Waals surface area contributed by atoms with Crippen LogP contribution in [-0.4, -0.2) is 11.0 Å². The molecule has 0 aromatic carbocycles. The van der Waals surface area contributed by atoms with Crippen LogP contribution in [0.4, 0.5) is 0 Å². The molecule has 0 atom stereocenters. The highest BCUT2D eigenvalue weighted by Crippen LogP contribution is 2.15. The largest absolute Gasteiger partial charge is 0.358 e. The summed E-state index contributed by atoms with van der Waals surface area (Å²) >= 11 is 8.00. The Morgan fingerprint density at radius 1 is 1.73 bits per heavy atom. The standard InChI is InChI=1S/C6H3BrClNO2/c7-5-1-2-9-3-4(5)6(10)11-8/h1-3H. The maximum absolute atomic E-state index is 10.8. The first-order chi connectivity index (χ1) is 5.25. The Balaban J connectivity index is 3.03.